The Bertz CT molecular complexity index is 528. The number of benzene rings is 1. The third-order valence-corrected chi connectivity index (χ3v) is 3.07. The highest BCUT2D eigenvalue weighted by molar-refractivity contribution is 5.80. The zero-order valence-electron chi connectivity index (χ0n) is 12.1. The Kier molecular flexibility index (Phi) is 5.90. The molecule has 0 aliphatic heterocycles. The zero-order valence-corrected chi connectivity index (χ0v) is 12.1. The maximum Gasteiger partial charge on any atom is 0.248 e. The molecule has 1 atom stereocenters. The molecule has 1 unspecified atom stereocenters. The number of carbonyl (C=O) groups is 1. The predicted octanol–water partition coefficient (Wildman–Crippen LogP) is 1.46. The third kappa shape index (κ3) is 5.35. The zero-order chi connectivity index (χ0) is 14.9. The van der Waals surface area contributed by atoms with Gasteiger partial charge in [-0.15, -0.1) is 0 Å². The Balaban J connectivity index is 1.61. The van der Waals surface area contributed by atoms with Crippen LogP contribution in [-0.2, 0) is 22.6 Å². The van der Waals surface area contributed by atoms with Crippen molar-refractivity contribution in [2.24, 2.45) is 0 Å². The Morgan fingerprint density at radius 3 is 2.90 bits per heavy atom. The molecule has 112 valence electrons. The smallest absolute Gasteiger partial charge is 0.248 e. The van der Waals surface area contributed by atoms with Crippen LogP contribution in [0.3, 0.4) is 0 Å². The summed E-state index contributed by atoms with van der Waals surface area (Å²) in [6.07, 6.45) is 2.59. The molecular weight excluding hydrogens is 268 g/mol. The summed E-state index contributed by atoms with van der Waals surface area (Å²) >= 11 is 0. The third-order valence-electron chi connectivity index (χ3n) is 3.07. The normalized spacial score (nSPS) is 12.0. The topological polar surface area (TPSA) is 79.9 Å². The molecule has 1 aromatic carbocycles. The molecule has 1 aromatic heterocycles. The lowest BCUT2D eigenvalue weighted by atomic mass is 10.2. The molecule has 2 rings (SSSR count). The summed E-state index contributed by atoms with van der Waals surface area (Å²) in [7, 11) is 0. The van der Waals surface area contributed by atoms with Gasteiger partial charge in [-0.05, 0) is 18.9 Å². The first kappa shape index (κ1) is 15.2. The first-order valence-corrected chi connectivity index (χ1v) is 7.03. The highest BCUT2D eigenvalue weighted by Crippen LogP contribution is 2.03. The van der Waals surface area contributed by atoms with Gasteiger partial charge in [0.05, 0.1) is 6.61 Å². The molecule has 0 saturated carbocycles. The fourth-order valence-electron chi connectivity index (χ4n) is 1.83. The number of hydrogen-bond donors (Lipinski definition) is 2. The van der Waals surface area contributed by atoms with Gasteiger partial charge < -0.3 is 10.1 Å². The maximum absolute atomic E-state index is 11.9. The Morgan fingerprint density at radius 2 is 2.19 bits per heavy atom. The van der Waals surface area contributed by atoms with Gasteiger partial charge in [-0.25, -0.2) is 4.98 Å². The first-order valence-electron chi connectivity index (χ1n) is 7.03. The number of rotatable bonds is 8. The van der Waals surface area contributed by atoms with E-state index in [1.165, 1.54) is 6.33 Å². The summed E-state index contributed by atoms with van der Waals surface area (Å²) < 4.78 is 5.55. The van der Waals surface area contributed by atoms with Crippen LogP contribution in [0, 0.1) is 0 Å². The SMILES string of the molecule is CC(OCc1ccccc1)C(=O)NCCCc1ncn[nH]1. The first-order chi connectivity index (χ1) is 10.3. The van der Waals surface area contributed by atoms with E-state index >= 15 is 0 Å². The molecule has 2 aromatic rings. The molecule has 0 saturated heterocycles. The fraction of sp³-hybridized carbons (Fsp3) is 0.400. The molecule has 0 spiro atoms. The second-order valence-electron chi connectivity index (χ2n) is 4.77. The molecule has 0 radical (unpaired) electrons. The Labute approximate surface area is 123 Å². The van der Waals surface area contributed by atoms with E-state index < -0.39 is 6.10 Å². The number of aromatic amines is 1. The van der Waals surface area contributed by atoms with Crippen molar-refractivity contribution in [3.8, 4) is 0 Å². The number of amides is 1. The monoisotopic (exact) mass is 288 g/mol. The van der Waals surface area contributed by atoms with E-state index in [-0.39, 0.29) is 5.91 Å². The average molecular weight is 288 g/mol. The highest BCUT2D eigenvalue weighted by atomic mass is 16.5. The molecule has 1 amide bonds. The lowest BCUT2D eigenvalue weighted by Crippen LogP contribution is -2.35. The molecular formula is C15H20N4O2. The molecule has 6 heteroatoms. The van der Waals surface area contributed by atoms with Crippen LogP contribution in [0.5, 0.6) is 0 Å². The van der Waals surface area contributed by atoms with E-state index in [1.807, 2.05) is 30.3 Å². The average Bonchev–Trinajstić information content (AvgIpc) is 3.03. The predicted molar refractivity (Wildman–Crippen MR) is 78.4 cm³/mol. The molecule has 0 fully saturated rings. The van der Waals surface area contributed by atoms with E-state index in [0.717, 1.165) is 24.2 Å². The quantitative estimate of drug-likeness (QED) is 0.721. The van der Waals surface area contributed by atoms with Gasteiger partial charge in [0.1, 0.15) is 18.3 Å². The van der Waals surface area contributed by atoms with Gasteiger partial charge in [0, 0.05) is 13.0 Å². The van der Waals surface area contributed by atoms with Crippen molar-refractivity contribution >= 4 is 5.91 Å². The van der Waals surface area contributed by atoms with Crippen molar-refractivity contribution in [3.05, 3.63) is 48.0 Å². The van der Waals surface area contributed by atoms with Crippen molar-refractivity contribution in [2.75, 3.05) is 6.54 Å². The largest absolute Gasteiger partial charge is 0.364 e. The van der Waals surface area contributed by atoms with Crippen LogP contribution in [0.25, 0.3) is 0 Å². The van der Waals surface area contributed by atoms with E-state index in [0.29, 0.717) is 13.2 Å². The minimum atomic E-state index is -0.463. The van der Waals surface area contributed by atoms with Crippen molar-refractivity contribution < 1.29 is 9.53 Å². The summed E-state index contributed by atoms with van der Waals surface area (Å²) in [5, 5.41) is 9.42. The Morgan fingerprint density at radius 1 is 1.38 bits per heavy atom. The molecule has 1 heterocycles. The van der Waals surface area contributed by atoms with Crippen molar-refractivity contribution in [1.82, 2.24) is 20.5 Å². The van der Waals surface area contributed by atoms with E-state index in [9.17, 15) is 4.79 Å². The van der Waals surface area contributed by atoms with Gasteiger partial charge in [-0.3, -0.25) is 9.89 Å². The second-order valence-corrected chi connectivity index (χ2v) is 4.77. The van der Waals surface area contributed by atoms with Crippen LogP contribution in [-0.4, -0.2) is 33.7 Å². The second kappa shape index (κ2) is 8.16. The van der Waals surface area contributed by atoms with Gasteiger partial charge >= 0.3 is 0 Å². The van der Waals surface area contributed by atoms with Gasteiger partial charge in [0.2, 0.25) is 5.91 Å². The van der Waals surface area contributed by atoms with Crippen molar-refractivity contribution in [2.45, 2.75) is 32.5 Å². The lowest BCUT2D eigenvalue weighted by molar-refractivity contribution is -0.132. The number of nitrogens with one attached hydrogen (secondary N) is 2. The van der Waals surface area contributed by atoms with Gasteiger partial charge in [0.15, 0.2) is 0 Å². The van der Waals surface area contributed by atoms with E-state index in [4.69, 9.17) is 4.74 Å². The minimum absolute atomic E-state index is 0.0940. The number of H-pyrrole nitrogens is 1. The molecule has 0 aliphatic rings. The van der Waals surface area contributed by atoms with Crippen LogP contribution in [0.1, 0.15) is 24.7 Å². The number of aromatic nitrogens is 3. The summed E-state index contributed by atoms with van der Waals surface area (Å²) in [5.41, 5.74) is 1.06. The van der Waals surface area contributed by atoms with Gasteiger partial charge in [-0.1, -0.05) is 30.3 Å². The lowest BCUT2D eigenvalue weighted by Gasteiger charge is -2.13. The number of ether oxygens (including phenoxy) is 1. The van der Waals surface area contributed by atoms with Crippen LogP contribution >= 0.6 is 0 Å². The van der Waals surface area contributed by atoms with Crippen LogP contribution in [0.15, 0.2) is 36.7 Å². The molecule has 21 heavy (non-hydrogen) atoms. The molecule has 0 aliphatic carbocycles. The summed E-state index contributed by atoms with van der Waals surface area (Å²) in [6, 6.07) is 9.80. The van der Waals surface area contributed by atoms with E-state index in [2.05, 4.69) is 20.5 Å². The van der Waals surface area contributed by atoms with Gasteiger partial charge in [0.25, 0.3) is 0 Å². The van der Waals surface area contributed by atoms with Crippen LogP contribution in [0.4, 0.5) is 0 Å². The number of aryl methyl sites for hydroxylation is 1. The number of nitrogens with zero attached hydrogens (tertiary/aromatic N) is 2. The standard InChI is InChI=1S/C15H20N4O2/c1-12(21-10-13-6-3-2-4-7-13)15(20)16-9-5-8-14-17-11-18-19-14/h2-4,6-7,11-12H,5,8-10H2,1H3,(H,16,20)(H,17,18,19). The molecule has 0 bridgehead atoms. The van der Waals surface area contributed by atoms with Crippen LogP contribution in [0.2, 0.25) is 0 Å². The summed E-state index contributed by atoms with van der Waals surface area (Å²) in [4.78, 5) is 15.9. The number of carbonyl (C=O) groups excluding carboxylic acids is 1. The fourth-order valence-corrected chi connectivity index (χ4v) is 1.83. The maximum atomic E-state index is 11.9. The van der Waals surface area contributed by atoms with Gasteiger partial charge in [-0.2, -0.15) is 5.10 Å². The van der Waals surface area contributed by atoms with Crippen LogP contribution < -0.4 is 5.32 Å². The summed E-state index contributed by atoms with van der Waals surface area (Å²) in [5.74, 6) is 0.737. The molecule has 6 nitrogen and oxygen atoms in total. The number of hydrogen-bond acceptors (Lipinski definition) is 4. The summed E-state index contributed by atoms with van der Waals surface area (Å²) in [6.45, 7) is 2.79. The highest BCUT2D eigenvalue weighted by Gasteiger charge is 2.12. The van der Waals surface area contributed by atoms with Crippen molar-refractivity contribution in [3.63, 3.8) is 0 Å². The van der Waals surface area contributed by atoms with Crippen molar-refractivity contribution in [1.29, 1.82) is 0 Å². The molecule has 2 N–H and O–H groups in total. The van der Waals surface area contributed by atoms with E-state index in [1.54, 1.807) is 6.92 Å². The Hall–Kier alpha value is -2.21. The minimum Gasteiger partial charge on any atom is -0.364 e.